The van der Waals surface area contributed by atoms with E-state index in [1.54, 1.807) is 36.4 Å². The van der Waals surface area contributed by atoms with E-state index < -0.39 is 23.2 Å². The Balaban J connectivity index is 1.37. The molecule has 1 saturated heterocycles. The number of nitrogens with one attached hydrogen (secondary N) is 4. The molecule has 4 N–H and O–H groups in total. The maximum atomic E-state index is 14.5. The van der Waals surface area contributed by atoms with Crippen molar-refractivity contribution in [2.75, 3.05) is 30.8 Å². The lowest BCUT2D eigenvalue weighted by atomic mass is 9.86. The first-order chi connectivity index (χ1) is 17.3. The van der Waals surface area contributed by atoms with E-state index in [1.807, 2.05) is 0 Å². The van der Waals surface area contributed by atoms with Gasteiger partial charge in [-0.25, -0.2) is 18.2 Å². The Morgan fingerprint density at radius 1 is 1.14 bits per heavy atom. The van der Waals surface area contributed by atoms with Crippen LogP contribution in [0.2, 0.25) is 0 Å². The van der Waals surface area contributed by atoms with Gasteiger partial charge in [0.25, 0.3) is 11.5 Å². The third-order valence-corrected chi connectivity index (χ3v) is 6.09. The standard InChI is InChI=1S/C25H23F3N6O2/c1-36-20-12-15(5-6-16(20)17-7-9-29-13-25(17,27)28)31-24-30-10-8-21(33-24)32-19-11-14-3-2-4-18(26)22(14)34-23(19)35/h2-6,8,10-12,17,29H,7,9,13H2,1H3,(H,34,35)(H2,30,31,32,33). The Morgan fingerprint density at radius 2 is 2.00 bits per heavy atom. The van der Waals surface area contributed by atoms with E-state index in [2.05, 4.69) is 30.9 Å². The Hall–Kier alpha value is -4.12. The molecule has 186 valence electrons. The summed E-state index contributed by atoms with van der Waals surface area (Å²) in [5.41, 5.74) is 0.794. The summed E-state index contributed by atoms with van der Waals surface area (Å²) in [5, 5.41) is 9.21. The van der Waals surface area contributed by atoms with Gasteiger partial charge in [-0.3, -0.25) is 4.79 Å². The fourth-order valence-electron chi connectivity index (χ4n) is 4.34. The number of pyridine rings is 1. The third kappa shape index (κ3) is 4.69. The fourth-order valence-corrected chi connectivity index (χ4v) is 4.34. The highest BCUT2D eigenvalue weighted by molar-refractivity contribution is 5.82. The quantitative estimate of drug-likeness (QED) is 0.308. The van der Waals surface area contributed by atoms with Crippen LogP contribution in [-0.4, -0.2) is 41.1 Å². The van der Waals surface area contributed by atoms with Crippen molar-refractivity contribution >= 4 is 34.0 Å². The number of rotatable bonds is 6. The molecule has 3 heterocycles. The number of nitrogens with zero attached hydrogens (tertiary/aromatic N) is 2. The van der Waals surface area contributed by atoms with Crippen LogP contribution in [0.15, 0.2) is 59.5 Å². The van der Waals surface area contributed by atoms with Gasteiger partial charge in [-0.05, 0) is 37.2 Å². The second kappa shape index (κ2) is 9.50. The molecule has 1 aliphatic heterocycles. The van der Waals surface area contributed by atoms with E-state index in [1.165, 1.54) is 25.4 Å². The van der Waals surface area contributed by atoms with Gasteiger partial charge in [0.05, 0.1) is 25.1 Å². The second-order valence-electron chi connectivity index (χ2n) is 8.47. The highest BCUT2D eigenvalue weighted by Gasteiger charge is 2.43. The number of hydrogen-bond donors (Lipinski definition) is 4. The Morgan fingerprint density at radius 3 is 2.81 bits per heavy atom. The summed E-state index contributed by atoms with van der Waals surface area (Å²) >= 11 is 0. The number of methoxy groups -OCH3 is 1. The van der Waals surface area contributed by atoms with Crippen molar-refractivity contribution in [3.05, 3.63) is 76.5 Å². The fraction of sp³-hybridized carbons (Fsp3) is 0.240. The highest BCUT2D eigenvalue weighted by atomic mass is 19.3. The molecule has 1 atom stereocenters. The van der Waals surface area contributed by atoms with Crippen LogP contribution in [0.4, 0.5) is 36.3 Å². The van der Waals surface area contributed by atoms with Crippen molar-refractivity contribution in [3.63, 3.8) is 0 Å². The summed E-state index contributed by atoms with van der Waals surface area (Å²) < 4.78 is 48.3. The van der Waals surface area contributed by atoms with E-state index in [4.69, 9.17) is 4.74 Å². The van der Waals surface area contributed by atoms with Gasteiger partial charge in [0.2, 0.25) is 5.95 Å². The van der Waals surface area contributed by atoms with Crippen molar-refractivity contribution in [1.29, 1.82) is 0 Å². The summed E-state index contributed by atoms with van der Waals surface area (Å²) in [6, 6.07) is 12.5. The van der Waals surface area contributed by atoms with Crippen LogP contribution in [0.1, 0.15) is 17.9 Å². The van der Waals surface area contributed by atoms with Crippen LogP contribution in [0.25, 0.3) is 10.9 Å². The minimum absolute atomic E-state index is 0.123. The summed E-state index contributed by atoms with van der Waals surface area (Å²) in [4.78, 5) is 23.5. The van der Waals surface area contributed by atoms with Gasteiger partial charge in [0.15, 0.2) is 0 Å². The van der Waals surface area contributed by atoms with Gasteiger partial charge >= 0.3 is 0 Å². The molecule has 1 unspecified atom stereocenters. The molecule has 1 aliphatic rings. The predicted octanol–water partition coefficient (Wildman–Crippen LogP) is 4.67. The molecule has 0 saturated carbocycles. The number of ether oxygens (including phenoxy) is 1. The monoisotopic (exact) mass is 496 g/mol. The maximum absolute atomic E-state index is 14.5. The van der Waals surface area contributed by atoms with Crippen LogP contribution in [0.5, 0.6) is 5.75 Å². The topological polar surface area (TPSA) is 104 Å². The van der Waals surface area contributed by atoms with Crippen molar-refractivity contribution in [2.24, 2.45) is 0 Å². The lowest BCUT2D eigenvalue weighted by Gasteiger charge is -2.33. The molecule has 5 rings (SSSR count). The first-order valence-electron chi connectivity index (χ1n) is 11.3. The van der Waals surface area contributed by atoms with E-state index in [0.717, 1.165) is 0 Å². The largest absolute Gasteiger partial charge is 0.496 e. The van der Waals surface area contributed by atoms with E-state index >= 15 is 0 Å². The molecule has 1 fully saturated rings. The smallest absolute Gasteiger partial charge is 0.272 e. The third-order valence-electron chi connectivity index (χ3n) is 6.09. The normalized spacial score (nSPS) is 17.1. The van der Waals surface area contributed by atoms with Crippen LogP contribution < -0.4 is 26.2 Å². The number of anilines is 4. The number of aromatic amines is 1. The zero-order valence-electron chi connectivity index (χ0n) is 19.2. The van der Waals surface area contributed by atoms with Gasteiger partial charge in [-0.2, -0.15) is 4.98 Å². The molecule has 4 aromatic rings. The summed E-state index contributed by atoms with van der Waals surface area (Å²) in [7, 11) is 1.44. The molecule has 0 radical (unpaired) electrons. The van der Waals surface area contributed by atoms with Gasteiger partial charge in [-0.1, -0.05) is 18.2 Å². The number of alkyl halides is 2. The van der Waals surface area contributed by atoms with Gasteiger partial charge in [0, 0.05) is 28.9 Å². The van der Waals surface area contributed by atoms with Crippen molar-refractivity contribution in [3.8, 4) is 5.75 Å². The number of hydrogen-bond acceptors (Lipinski definition) is 7. The summed E-state index contributed by atoms with van der Waals surface area (Å²) in [6.07, 6.45) is 1.79. The average Bonchev–Trinajstić information content (AvgIpc) is 2.85. The SMILES string of the molecule is COc1cc(Nc2nccc(Nc3cc4cccc(F)c4[nH]c3=O)n2)ccc1C1CCNCC1(F)F. The minimum atomic E-state index is -2.88. The Bertz CT molecular complexity index is 1480. The van der Waals surface area contributed by atoms with Crippen LogP contribution in [-0.2, 0) is 0 Å². The number of aromatic nitrogens is 3. The lowest BCUT2D eigenvalue weighted by Crippen LogP contribution is -2.44. The van der Waals surface area contributed by atoms with Crippen molar-refractivity contribution in [2.45, 2.75) is 18.3 Å². The molecule has 2 aromatic heterocycles. The molecule has 8 nitrogen and oxygen atoms in total. The lowest BCUT2D eigenvalue weighted by molar-refractivity contribution is -0.0425. The van der Waals surface area contributed by atoms with Crippen LogP contribution in [0, 0.1) is 5.82 Å². The minimum Gasteiger partial charge on any atom is -0.496 e. The van der Waals surface area contributed by atoms with E-state index in [0.29, 0.717) is 41.2 Å². The van der Waals surface area contributed by atoms with E-state index in [9.17, 15) is 18.0 Å². The van der Waals surface area contributed by atoms with Gasteiger partial charge in [-0.15, -0.1) is 0 Å². The molecular formula is C25H23F3N6O2. The highest BCUT2D eigenvalue weighted by Crippen LogP contribution is 2.42. The molecule has 0 spiro atoms. The number of benzene rings is 2. The molecule has 11 heteroatoms. The van der Waals surface area contributed by atoms with Crippen molar-refractivity contribution < 1.29 is 17.9 Å². The average molecular weight is 496 g/mol. The number of fused-ring (bicyclic) bond motifs is 1. The molecule has 0 bridgehead atoms. The Kier molecular flexibility index (Phi) is 6.23. The predicted molar refractivity (Wildman–Crippen MR) is 131 cm³/mol. The molecular weight excluding hydrogens is 473 g/mol. The number of para-hydroxylation sites is 1. The molecule has 0 aliphatic carbocycles. The molecule has 0 amide bonds. The zero-order valence-corrected chi connectivity index (χ0v) is 19.2. The zero-order chi connectivity index (χ0) is 25.3. The maximum Gasteiger partial charge on any atom is 0.272 e. The number of H-pyrrole nitrogens is 1. The first-order valence-corrected chi connectivity index (χ1v) is 11.3. The first kappa shape index (κ1) is 23.6. The summed E-state index contributed by atoms with van der Waals surface area (Å²) in [6.45, 7) is 0.134. The van der Waals surface area contributed by atoms with Gasteiger partial charge < -0.3 is 25.7 Å². The van der Waals surface area contributed by atoms with Gasteiger partial charge in [0.1, 0.15) is 23.1 Å². The van der Waals surface area contributed by atoms with Crippen LogP contribution >= 0.6 is 0 Å². The van der Waals surface area contributed by atoms with Crippen molar-refractivity contribution in [1.82, 2.24) is 20.3 Å². The Labute approximate surface area is 203 Å². The van der Waals surface area contributed by atoms with E-state index in [-0.39, 0.29) is 23.7 Å². The molecule has 2 aromatic carbocycles. The van der Waals surface area contributed by atoms with Crippen LogP contribution in [0.3, 0.4) is 0 Å². The number of piperidine rings is 1. The second-order valence-corrected chi connectivity index (χ2v) is 8.47. The molecule has 36 heavy (non-hydrogen) atoms. The number of halogens is 3. The summed E-state index contributed by atoms with van der Waals surface area (Å²) in [5.74, 6) is -3.46.